The van der Waals surface area contributed by atoms with Crippen molar-refractivity contribution in [1.29, 1.82) is 0 Å². The van der Waals surface area contributed by atoms with Crippen LogP contribution in [0.4, 0.5) is 0 Å². The highest BCUT2D eigenvalue weighted by molar-refractivity contribution is 8.15. The number of hydrogen-bond donors (Lipinski definition) is 3. The predicted octanol–water partition coefficient (Wildman–Crippen LogP) is 3.18. The van der Waals surface area contributed by atoms with Crippen molar-refractivity contribution in [3.63, 3.8) is 0 Å². The highest BCUT2D eigenvalue weighted by atomic mass is 32.2. The Morgan fingerprint density at radius 1 is 1.25 bits per heavy atom. The zero-order valence-electron chi connectivity index (χ0n) is 14.8. The van der Waals surface area contributed by atoms with Crippen LogP contribution < -0.4 is 5.32 Å². The number of rotatable bonds is 6. The lowest BCUT2D eigenvalue weighted by Crippen LogP contribution is -2.26. The lowest BCUT2D eigenvalue weighted by Gasteiger charge is -2.05. The topological polar surface area (TPSA) is 111 Å². The van der Waals surface area contributed by atoms with Crippen LogP contribution in [0.2, 0.25) is 0 Å². The molecule has 0 saturated carbocycles. The minimum atomic E-state index is -1.05. The van der Waals surface area contributed by atoms with E-state index in [-0.39, 0.29) is 17.3 Å². The summed E-state index contributed by atoms with van der Waals surface area (Å²) in [6.07, 6.45) is 3.11. The summed E-state index contributed by atoms with van der Waals surface area (Å²) >= 11 is 2.68. The molecular formula is C19H17N3O4S2. The van der Waals surface area contributed by atoms with Crippen molar-refractivity contribution in [2.45, 2.75) is 16.6 Å². The van der Waals surface area contributed by atoms with E-state index in [0.29, 0.717) is 5.56 Å². The number of carbonyl (C=O) groups is 2. The number of carbonyl (C=O) groups excluding carboxylic acids is 1. The summed E-state index contributed by atoms with van der Waals surface area (Å²) in [7, 11) is 0. The standard InChI is InChI=1S/C19H17N3O4S2/c1-27-14-6-4-11(5-7-14)12-2-3-13(15(23)8-12)10-20-22-19-21-18(26)16(28-19)9-17(24)25/h2-8,10,16,23H,9H2,1H3,(H,24,25)(H,21,22,26). The number of nitrogens with one attached hydrogen (secondary N) is 1. The molecule has 0 bridgehead atoms. The van der Waals surface area contributed by atoms with Gasteiger partial charge in [-0.3, -0.25) is 9.59 Å². The van der Waals surface area contributed by atoms with Crippen LogP contribution >= 0.6 is 23.5 Å². The van der Waals surface area contributed by atoms with E-state index in [1.807, 2.05) is 36.6 Å². The van der Waals surface area contributed by atoms with Gasteiger partial charge in [-0.15, -0.1) is 16.9 Å². The van der Waals surface area contributed by atoms with Crippen molar-refractivity contribution < 1.29 is 19.8 Å². The normalized spacial score (nSPS) is 18.0. The van der Waals surface area contributed by atoms with Gasteiger partial charge in [0, 0.05) is 10.5 Å². The number of carboxylic acids is 1. The monoisotopic (exact) mass is 415 g/mol. The number of amidine groups is 1. The van der Waals surface area contributed by atoms with Gasteiger partial charge in [0.2, 0.25) is 5.91 Å². The molecule has 1 saturated heterocycles. The summed E-state index contributed by atoms with van der Waals surface area (Å²) in [5, 5.41) is 28.8. The molecule has 1 aliphatic heterocycles. The van der Waals surface area contributed by atoms with Gasteiger partial charge in [0.15, 0.2) is 5.17 Å². The molecule has 3 N–H and O–H groups in total. The zero-order chi connectivity index (χ0) is 20.1. The van der Waals surface area contributed by atoms with Crippen LogP contribution in [0.25, 0.3) is 11.1 Å². The van der Waals surface area contributed by atoms with Crippen LogP contribution in [0.15, 0.2) is 57.6 Å². The SMILES string of the molecule is CSc1ccc(-c2ccc(C=NN=C3NC(=O)C(CC(=O)O)S3)c(O)c2)cc1. The predicted molar refractivity (Wildman–Crippen MR) is 112 cm³/mol. The van der Waals surface area contributed by atoms with E-state index in [9.17, 15) is 14.7 Å². The number of aromatic hydroxyl groups is 1. The maximum absolute atomic E-state index is 11.7. The summed E-state index contributed by atoms with van der Waals surface area (Å²) in [6, 6.07) is 13.3. The fourth-order valence-corrected chi connectivity index (χ4v) is 3.83. The maximum Gasteiger partial charge on any atom is 0.305 e. The van der Waals surface area contributed by atoms with Crippen molar-refractivity contribution in [3.8, 4) is 16.9 Å². The molecule has 7 nitrogen and oxygen atoms in total. The number of aliphatic carboxylic acids is 1. The van der Waals surface area contributed by atoms with Crippen molar-refractivity contribution in [2.24, 2.45) is 10.2 Å². The van der Waals surface area contributed by atoms with E-state index in [1.54, 1.807) is 23.9 Å². The summed E-state index contributed by atoms with van der Waals surface area (Å²) in [6.45, 7) is 0. The quantitative estimate of drug-likeness (QED) is 0.380. The Labute approximate surface area is 170 Å². The molecule has 2 aromatic carbocycles. The molecule has 0 spiro atoms. The minimum absolute atomic E-state index is 0.0576. The van der Waals surface area contributed by atoms with Crippen molar-refractivity contribution >= 4 is 46.8 Å². The molecule has 28 heavy (non-hydrogen) atoms. The minimum Gasteiger partial charge on any atom is -0.507 e. The van der Waals surface area contributed by atoms with Gasteiger partial charge < -0.3 is 15.5 Å². The second-order valence-electron chi connectivity index (χ2n) is 5.85. The van der Waals surface area contributed by atoms with Crippen LogP contribution in [-0.2, 0) is 9.59 Å². The molecule has 3 rings (SSSR count). The molecule has 1 amide bonds. The number of phenols is 1. The molecule has 1 fully saturated rings. The first-order valence-electron chi connectivity index (χ1n) is 8.24. The molecule has 1 unspecified atom stereocenters. The third-order valence-corrected chi connectivity index (χ3v) is 5.75. The fraction of sp³-hybridized carbons (Fsp3) is 0.158. The molecule has 1 aliphatic rings. The number of benzene rings is 2. The Balaban J connectivity index is 1.69. The number of amides is 1. The van der Waals surface area contributed by atoms with E-state index in [0.717, 1.165) is 22.9 Å². The first-order valence-corrected chi connectivity index (χ1v) is 10.3. The lowest BCUT2D eigenvalue weighted by molar-refractivity contribution is -0.138. The van der Waals surface area contributed by atoms with Gasteiger partial charge in [-0.25, -0.2) is 0 Å². The molecule has 0 aliphatic carbocycles. The van der Waals surface area contributed by atoms with Crippen LogP contribution in [0.5, 0.6) is 5.75 Å². The van der Waals surface area contributed by atoms with Crippen LogP contribution in [0.3, 0.4) is 0 Å². The van der Waals surface area contributed by atoms with Gasteiger partial charge in [-0.05, 0) is 41.6 Å². The molecule has 1 atom stereocenters. The highest BCUT2D eigenvalue weighted by Gasteiger charge is 2.32. The van der Waals surface area contributed by atoms with E-state index >= 15 is 0 Å². The lowest BCUT2D eigenvalue weighted by atomic mass is 10.0. The number of hydrogen-bond acceptors (Lipinski definition) is 7. The van der Waals surface area contributed by atoms with Gasteiger partial charge in [-0.2, -0.15) is 5.10 Å². The van der Waals surface area contributed by atoms with Gasteiger partial charge >= 0.3 is 5.97 Å². The Morgan fingerprint density at radius 3 is 2.61 bits per heavy atom. The largest absolute Gasteiger partial charge is 0.507 e. The molecule has 2 aromatic rings. The van der Waals surface area contributed by atoms with Crippen LogP contribution in [-0.4, -0.2) is 45.0 Å². The van der Waals surface area contributed by atoms with E-state index < -0.39 is 17.1 Å². The average molecular weight is 415 g/mol. The third kappa shape index (κ3) is 4.93. The third-order valence-electron chi connectivity index (χ3n) is 3.94. The van der Waals surface area contributed by atoms with E-state index in [4.69, 9.17) is 5.11 Å². The van der Waals surface area contributed by atoms with Crippen molar-refractivity contribution in [1.82, 2.24) is 5.32 Å². The number of nitrogens with zero attached hydrogens (tertiary/aromatic N) is 2. The summed E-state index contributed by atoms with van der Waals surface area (Å²) in [5.74, 6) is -1.39. The zero-order valence-corrected chi connectivity index (χ0v) is 16.5. The fourth-order valence-electron chi connectivity index (χ4n) is 2.50. The average Bonchev–Trinajstić information content (AvgIpc) is 3.01. The Morgan fingerprint density at radius 2 is 1.96 bits per heavy atom. The Kier molecular flexibility index (Phi) is 6.37. The number of phenolic OH excluding ortho intramolecular Hbond substituents is 1. The summed E-state index contributed by atoms with van der Waals surface area (Å²) in [5.41, 5.74) is 2.35. The molecule has 144 valence electrons. The summed E-state index contributed by atoms with van der Waals surface area (Å²) < 4.78 is 0. The van der Waals surface area contributed by atoms with Gasteiger partial charge in [-0.1, -0.05) is 30.0 Å². The smallest absolute Gasteiger partial charge is 0.305 e. The second-order valence-corrected chi connectivity index (χ2v) is 7.92. The number of carboxylic acid groups (broad SMARTS) is 1. The molecule has 0 radical (unpaired) electrons. The van der Waals surface area contributed by atoms with E-state index in [2.05, 4.69) is 15.5 Å². The molecule has 0 aromatic heterocycles. The summed E-state index contributed by atoms with van der Waals surface area (Å²) in [4.78, 5) is 23.5. The van der Waals surface area contributed by atoms with Gasteiger partial charge in [0.05, 0.1) is 12.6 Å². The van der Waals surface area contributed by atoms with Gasteiger partial charge in [0.25, 0.3) is 0 Å². The number of thioether (sulfide) groups is 2. The molecule has 1 heterocycles. The second kappa shape index (κ2) is 8.94. The maximum atomic E-state index is 11.7. The Bertz CT molecular complexity index is 958. The Hall–Kier alpha value is -2.78. The first kappa shape index (κ1) is 20.0. The first-order chi connectivity index (χ1) is 13.5. The van der Waals surface area contributed by atoms with Gasteiger partial charge in [0.1, 0.15) is 11.0 Å². The highest BCUT2D eigenvalue weighted by Crippen LogP contribution is 2.27. The van der Waals surface area contributed by atoms with Crippen molar-refractivity contribution in [3.05, 3.63) is 48.0 Å². The van der Waals surface area contributed by atoms with Crippen LogP contribution in [0, 0.1) is 0 Å². The van der Waals surface area contributed by atoms with Crippen molar-refractivity contribution in [2.75, 3.05) is 6.26 Å². The van der Waals surface area contributed by atoms with Crippen LogP contribution in [0.1, 0.15) is 12.0 Å². The molecular weight excluding hydrogens is 398 g/mol. The molecule has 9 heteroatoms. The van der Waals surface area contributed by atoms with E-state index in [1.165, 1.54) is 11.1 Å².